The van der Waals surface area contributed by atoms with E-state index in [1.54, 1.807) is 12.1 Å². The molecule has 0 aromatic heterocycles. The van der Waals surface area contributed by atoms with Gasteiger partial charge in [-0.05, 0) is 52.1 Å². The highest BCUT2D eigenvalue weighted by atomic mass is 19.1. The molecule has 1 aliphatic carbocycles. The van der Waals surface area contributed by atoms with Gasteiger partial charge in [0.2, 0.25) is 0 Å². The molecular weight excluding hydrogens is 300 g/mol. The minimum atomic E-state index is -1.14. The summed E-state index contributed by atoms with van der Waals surface area (Å²) in [5, 5.41) is 11.3. The minimum absolute atomic E-state index is 0.375. The van der Waals surface area contributed by atoms with E-state index in [0.29, 0.717) is 23.9 Å². The average molecular weight is 321 g/mol. The van der Waals surface area contributed by atoms with Crippen molar-refractivity contribution in [3.63, 3.8) is 0 Å². The first-order valence-electron chi connectivity index (χ1n) is 7.73. The maximum atomic E-state index is 14.5. The van der Waals surface area contributed by atoms with Crippen molar-refractivity contribution in [3.05, 3.63) is 29.6 Å². The zero-order valence-electron chi connectivity index (χ0n) is 13.8. The van der Waals surface area contributed by atoms with Crippen molar-refractivity contribution in [1.82, 2.24) is 5.32 Å². The van der Waals surface area contributed by atoms with Crippen molar-refractivity contribution in [3.8, 4) is 0 Å². The van der Waals surface area contributed by atoms with E-state index in [1.165, 1.54) is 6.07 Å². The summed E-state index contributed by atoms with van der Waals surface area (Å²) >= 11 is 0. The summed E-state index contributed by atoms with van der Waals surface area (Å²) in [6.07, 6.45) is 0.0647. The number of carboxylic acid groups (broad SMARTS) is 1. The molecule has 1 aliphatic heterocycles. The topological polar surface area (TPSA) is 67.8 Å². The molecule has 0 radical (unpaired) electrons. The van der Waals surface area contributed by atoms with Crippen LogP contribution in [0.3, 0.4) is 0 Å². The van der Waals surface area contributed by atoms with Gasteiger partial charge < -0.3 is 19.7 Å². The van der Waals surface area contributed by atoms with Gasteiger partial charge in [-0.1, -0.05) is 12.1 Å². The van der Waals surface area contributed by atoms with E-state index in [2.05, 4.69) is 5.32 Å². The maximum Gasteiger partial charge on any atom is 0.494 e. The first-order valence-corrected chi connectivity index (χ1v) is 7.73. The fraction of sp³-hybridized carbons (Fsp3) is 0.562. The SMILES string of the molecule is CC1(C)OB(c2ccc(C3(NC(=O)O)CC3)c(F)c2)OC1(C)C. The number of benzene rings is 1. The van der Waals surface area contributed by atoms with Crippen LogP contribution in [0.25, 0.3) is 0 Å². The van der Waals surface area contributed by atoms with Gasteiger partial charge in [-0.2, -0.15) is 0 Å². The van der Waals surface area contributed by atoms with Crippen molar-refractivity contribution in [2.45, 2.75) is 57.3 Å². The van der Waals surface area contributed by atoms with Gasteiger partial charge in [-0.15, -0.1) is 0 Å². The van der Waals surface area contributed by atoms with Crippen LogP contribution < -0.4 is 10.8 Å². The van der Waals surface area contributed by atoms with Crippen LogP contribution in [-0.4, -0.2) is 29.5 Å². The van der Waals surface area contributed by atoms with Crippen LogP contribution in [0.4, 0.5) is 9.18 Å². The fourth-order valence-corrected chi connectivity index (χ4v) is 2.84. The molecule has 1 aromatic rings. The van der Waals surface area contributed by atoms with E-state index in [1.807, 2.05) is 27.7 Å². The molecular formula is C16H21BFNO4. The predicted molar refractivity (Wildman–Crippen MR) is 84.2 cm³/mol. The summed E-state index contributed by atoms with van der Waals surface area (Å²) < 4.78 is 26.4. The molecule has 1 saturated heterocycles. The van der Waals surface area contributed by atoms with Gasteiger partial charge in [0.15, 0.2) is 0 Å². The molecule has 124 valence electrons. The monoisotopic (exact) mass is 321 g/mol. The van der Waals surface area contributed by atoms with E-state index in [-0.39, 0.29) is 0 Å². The Morgan fingerprint density at radius 1 is 1.22 bits per heavy atom. The lowest BCUT2D eigenvalue weighted by Crippen LogP contribution is -2.41. The van der Waals surface area contributed by atoms with Crippen LogP contribution in [0.15, 0.2) is 18.2 Å². The number of hydrogen-bond acceptors (Lipinski definition) is 3. The zero-order chi connectivity index (χ0) is 17.0. The third-order valence-electron chi connectivity index (χ3n) is 5.13. The predicted octanol–water partition coefficient (Wildman–Crippen LogP) is 2.38. The first kappa shape index (κ1) is 16.3. The van der Waals surface area contributed by atoms with E-state index < -0.39 is 35.8 Å². The summed E-state index contributed by atoms with van der Waals surface area (Å²) in [6, 6.07) is 4.74. The summed E-state index contributed by atoms with van der Waals surface area (Å²) in [5.41, 5.74) is -0.800. The molecule has 0 spiro atoms. The van der Waals surface area contributed by atoms with E-state index in [9.17, 15) is 9.18 Å². The van der Waals surface area contributed by atoms with Gasteiger partial charge in [-0.3, -0.25) is 0 Å². The number of hydrogen-bond donors (Lipinski definition) is 2. The zero-order valence-corrected chi connectivity index (χ0v) is 13.8. The van der Waals surface area contributed by atoms with E-state index in [4.69, 9.17) is 14.4 Å². The Kier molecular flexibility index (Phi) is 3.50. The molecule has 0 bridgehead atoms. The second kappa shape index (κ2) is 4.95. The second-order valence-electron chi connectivity index (χ2n) is 7.34. The van der Waals surface area contributed by atoms with Crippen LogP contribution in [0.1, 0.15) is 46.1 Å². The normalized spacial score (nSPS) is 23.6. The maximum absolute atomic E-state index is 14.5. The van der Waals surface area contributed by atoms with Gasteiger partial charge in [0, 0.05) is 5.56 Å². The molecule has 1 aromatic carbocycles. The number of halogens is 1. The molecule has 5 nitrogen and oxygen atoms in total. The third-order valence-corrected chi connectivity index (χ3v) is 5.13. The highest BCUT2D eigenvalue weighted by molar-refractivity contribution is 6.62. The average Bonchev–Trinajstić information content (AvgIpc) is 3.11. The summed E-state index contributed by atoms with van der Waals surface area (Å²) in [4.78, 5) is 10.9. The summed E-state index contributed by atoms with van der Waals surface area (Å²) in [7, 11) is -0.633. The van der Waals surface area contributed by atoms with Crippen molar-refractivity contribution in [1.29, 1.82) is 0 Å². The summed E-state index contributed by atoms with van der Waals surface area (Å²) in [6.45, 7) is 7.75. The molecule has 2 fully saturated rings. The van der Waals surface area contributed by atoms with Crippen LogP contribution in [-0.2, 0) is 14.8 Å². The van der Waals surface area contributed by atoms with Gasteiger partial charge in [0.1, 0.15) is 5.82 Å². The van der Waals surface area contributed by atoms with Crippen LogP contribution in [0.5, 0.6) is 0 Å². The van der Waals surface area contributed by atoms with Gasteiger partial charge >= 0.3 is 13.2 Å². The molecule has 1 saturated carbocycles. The highest BCUT2D eigenvalue weighted by Gasteiger charge is 2.52. The Morgan fingerprint density at radius 3 is 2.22 bits per heavy atom. The van der Waals surface area contributed by atoms with Crippen LogP contribution in [0.2, 0.25) is 0 Å². The lowest BCUT2D eigenvalue weighted by atomic mass is 9.78. The Labute approximate surface area is 135 Å². The molecule has 1 amide bonds. The molecule has 0 unspecified atom stereocenters. The number of nitrogens with one attached hydrogen (secondary N) is 1. The fourth-order valence-electron chi connectivity index (χ4n) is 2.84. The van der Waals surface area contributed by atoms with Crippen molar-refractivity contribution < 1.29 is 23.6 Å². The van der Waals surface area contributed by atoms with Gasteiger partial charge in [0.25, 0.3) is 0 Å². The number of carbonyl (C=O) groups is 1. The smallest absolute Gasteiger partial charge is 0.465 e. The standard InChI is InChI=1S/C16H21BFNO4/c1-14(2)15(3,4)23-17(22-14)10-5-6-11(12(18)9-10)16(7-8-16)19-13(20)21/h5-6,9,19H,7-8H2,1-4H3,(H,20,21). The van der Waals surface area contributed by atoms with Crippen LogP contribution >= 0.6 is 0 Å². The third kappa shape index (κ3) is 2.72. The lowest BCUT2D eigenvalue weighted by molar-refractivity contribution is 0.00578. The minimum Gasteiger partial charge on any atom is -0.465 e. The van der Waals surface area contributed by atoms with Crippen molar-refractivity contribution in [2.24, 2.45) is 0 Å². The lowest BCUT2D eigenvalue weighted by Gasteiger charge is -2.32. The van der Waals surface area contributed by atoms with Crippen molar-refractivity contribution >= 4 is 18.7 Å². The molecule has 1 heterocycles. The van der Waals surface area contributed by atoms with Crippen LogP contribution in [0, 0.1) is 5.82 Å². The molecule has 0 atom stereocenters. The Bertz CT molecular complexity index is 641. The molecule has 7 heteroatoms. The highest BCUT2D eigenvalue weighted by Crippen LogP contribution is 2.46. The Morgan fingerprint density at radius 2 is 1.78 bits per heavy atom. The molecule has 3 rings (SSSR count). The molecule has 2 aliphatic rings. The molecule has 23 heavy (non-hydrogen) atoms. The van der Waals surface area contributed by atoms with Gasteiger partial charge in [-0.25, -0.2) is 9.18 Å². The second-order valence-corrected chi connectivity index (χ2v) is 7.34. The van der Waals surface area contributed by atoms with E-state index in [0.717, 1.165) is 0 Å². The number of rotatable bonds is 3. The first-order chi connectivity index (χ1) is 10.6. The van der Waals surface area contributed by atoms with E-state index >= 15 is 0 Å². The molecule has 2 N–H and O–H groups in total. The van der Waals surface area contributed by atoms with Crippen molar-refractivity contribution in [2.75, 3.05) is 0 Å². The number of amides is 1. The largest absolute Gasteiger partial charge is 0.494 e. The summed E-state index contributed by atoms with van der Waals surface area (Å²) in [5.74, 6) is -0.441. The Balaban J connectivity index is 1.85. The Hall–Kier alpha value is -1.60. The quantitative estimate of drug-likeness (QED) is 0.839. The van der Waals surface area contributed by atoms with Gasteiger partial charge in [0.05, 0.1) is 16.7 Å².